The SMILES string of the molecule is C[NH2+]C1C[NH+](Cc2ccccc2)CCC1C.[Cl-]. The van der Waals surface area contributed by atoms with E-state index >= 15 is 0 Å². The van der Waals surface area contributed by atoms with Gasteiger partial charge in [0.2, 0.25) is 0 Å². The van der Waals surface area contributed by atoms with Crippen LogP contribution in [0.1, 0.15) is 18.9 Å². The fourth-order valence-corrected chi connectivity index (χ4v) is 2.77. The zero-order valence-corrected chi connectivity index (χ0v) is 11.6. The van der Waals surface area contributed by atoms with Gasteiger partial charge in [0.05, 0.1) is 13.6 Å². The molecule has 1 aromatic carbocycles. The predicted octanol–water partition coefficient (Wildman–Crippen LogP) is -3.32. The number of likely N-dealkylation sites (N-methyl/N-ethyl adjacent to an activating group) is 1. The summed E-state index contributed by atoms with van der Waals surface area (Å²) in [7, 11) is 2.21. The van der Waals surface area contributed by atoms with Crippen molar-refractivity contribution in [2.45, 2.75) is 25.9 Å². The summed E-state index contributed by atoms with van der Waals surface area (Å²) in [5.41, 5.74) is 1.47. The Morgan fingerprint density at radius 1 is 1.29 bits per heavy atom. The van der Waals surface area contributed by atoms with E-state index in [4.69, 9.17) is 0 Å². The van der Waals surface area contributed by atoms with Crippen LogP contribution in [-0.4, -0.2) is 26.2 Å². The smallest absolute Gasteiger partial charge is 0.138 e. The van der Waals surface area contributed by atoms with Crippen LogP contribution in [0, 0.1) is 5.92 Å². The van der Waals surface area contributed by atoms with Gasteiger partial charge in [-0.3, -0.25) is 0 Å². The van der Waals surface area contributed by atoms with Crippen LogP contribution < -0.4 is 22.6 Å². The van der Waals surface area contributed by atoms with Crippen LogP contribution in [0.4, 0.5) is 0 Å². The highest BCUT2D eigenvalue weighted by atomic mass is 35.5. The van der Waals surface area contributed by atoms with Crippen LogP contribution in [0.3, 0.4) is 0 Å². The van der Waals surface area contributed by atoms with Crippen molar-refractivity contribution in [2.75, 3.05) is 20.1 Å². The van der Waals surface area contributed by atoms with E-state index in [2.05, 4.69) is 49.6 Å². The Kier molecular flexibility index (Phi) is 5.96. The molecule has 2 nitrogen and oxygen atoms in total. The molecule has 3 atom stereocenters. The lowest BCUT2D eigenvalue weighted by atomic mass is 9.93. The molecule has 3 unspecified atom stereocenters. The average molecular weight is 256 g/mol. The Hall–Kier alpha value is -0.570. The normalized spacial score (nSPS) is 28.5. The second-order valence-corrected chi connectivity index (χ2v) is 5.13. The summed E-state index contributed by atoms with van der Waals surface area (Å²) < 4.78 is 0. The number of benzene rings is 1. The first-order valence-corrected chi connectivity index (χ1v) is 6.46. The molecule has 1 heterocycles. The molecule has 1 aliphatic rings. The van der Waals surface area contributed by atoms with E-state index in [9.17, 15) is 0 Å². The van der Waals surface area contributed by atoms with Crippen molar-refractivity contribution in [3.8, 4) is 0 Å². The third kappa shape index (κ3) is 3.98. The molecule has 0 bridgehead atoms. The Morgan fingerprint density at radius 2 is 2.00 bits per heavy atom. The van der Waals surface area contributed by atoms with Gasteiger partial charge in [0.1, 0.15) is 19.1 Å². The molecular weight excluding hydrogens is 232 g/mol. The Morgan fingerprint density at radius 3 is 2.65 bits per heavy atom. The van der Waals surface area contributed by atoms with Crippen LogP contribution in [0.15, 0.2) is 30.3 Å². The van der Waals surface area contributed by atoms with Crippen molar-refractivity contribution in [3.05, 3.63) is 35.9 Å². The van der Waals surface area contributed by atoms with Crippen molar-refractivity contribution in [3.63, 3.8) is 0 Å². The molecule has 1 saturated heterocycles. The van der Waals surface area contributed by atoms with Crippen LogP contribution in [0.5, 0.6) is 0 Å². The number of hydrogen-bond acceptors (Lipinski definition) is 0. The third-order valence-corrected chi connectivity index (χ3v) is 3.93. The molecule has 0 spiro atoms. The second-order valence-electron chi connectivity index (χ2n) is 5.13. The van der Waals surface area contributed by atoms with Gasteiger partial charge in [0, 0.05) is 17.9 Å². The van der Waals surface area contributed by atoms with Crippen molar-refractivity contribution >= 4 is 0 Å². The van der Waals surface area contributed by atoms with E-state index in [-0.39, 0.29) is 12.4 Å². The first-order valence-electron chi connectivity index (χ1n) is 6.46. The van der Waals surface area contributed by atoms with E-state index < -0.39 is 0 Å². The Labute approximate surface area is 111 Å². The molecule has 1 aromatic rings. The lowest BCUT2D eigenvalue weighted by Crippen LogP contribution is -3.16. The molecule has 2 rings (SSSR count). The van der Waals surface area contributed by atoms with E-state index in [1.807, 2.05) is 0 Å². The molecule has 0 aliphatic carbocycles. The van der Waals surface area contributed by atoms with Gasteiger partial charge in [-0.05, 0) is 0 Å². The van der Waals surface area contributed by atoms with Crippen LogP contribution in [0.25, 0.3) is 0 Å². The average Bonchev–Trinajstić information content (AvgIpc) is 2.33. The second kappa shape index (κ2) is 7.00. The van der Waals surface area contributed by atoms with Crippen molar-refractivity contribution in [1.29, 1.82) is 0 Å². The van der Waals surface area contributed by atoms with Crippen LogP contribution in [0.2, 0.25) is 0 Å². The Bertz CT molecular complexity index is 315. The van der Waals surface area contributed by atoms with Gasteiger partial charge in [0.25, 0.3) is 0 Å². The van der Waals surface area contributed by atoms with E-state index in [0.29, 0.717) is 0 Å². The molecule has 96 valence electrons. The summed E-state index contributed by atoms with van der Waals surface area (Å²) in [6, 6.07) is 11.7. The maximum atomic E-state index is 2.40. The number of piperidine rings is 1. The minimum absolute atomic E-state index is 0. The molecule has 1 aliphatic heterocycles. The molecule has 17 heavy (non-hydrogen) atoms. The van der Waals surface area contributed by atoms with Gasteiger partial charge >= 0.3 is 0 Å². The number of nitrogens with one attached hydrogen (secondary N) is 1. The molecule has 3 heteroatoms. The van der Waals surface area contributed by atoms with E-state index in [1.165, 1.54) is 31.6 Å². The van der Waals surface area contributed by atoms with Crippen molar-refractivity contribution in [1.82, 2.24) is 0 Å². The highest BCUT2D eigenvalue weighted by molar-refractivity contribution is 5.13. The van der Waals surface area contributed by atoms with Gasteiger partial charge in [-0.2, -0.15) is 0 Å². The first-order chi connectivity index (χ1) is 7.79. The van der Waals surface area contributed by atoms with Crippen molar-refractivity contribution < 1.29 is 22.6 Å². The van der Waals surface area contributed by atoms with Gasteiger partial charge < -0.3 is 22.6 Å². The highest BCUT2D eigenvalue weighted by Gasteiger charge is 2.30. The molecule has 1 fully saturated rings. The van der Waals surface area contributed by atoms with Gasteiger partial charge in [-0.15, -0.1) is 0 Å². The number of rotatable bonds is 3. The first kappa shape index (κ1) is 14.5. The predicted molar refractivity (Wildman–Crippen MR) is 66.3 cm³/mol. The standard InChI is InChI=1S/C14H22N2.ClH/c1-12-8-9-16(11-14(12)15-2)10-13-6-4-3-5-7-13;/h3-7,12,14-15H,8-11H2,1-2H3;1H/p+1. The van der Waals surface area contributed by atoms with Crippen LogP contribution in [-0.2, 0) is 6.54 Å². The maximum Gasteiger partial charge on any atom is 0.138 e. The molecule has 0 radical (unpaired) electrons. The fourth-order valence-electron chi connectivity index (χ4n) is 2.77. The largest absolute Gasteiger partial charge is 1.00 e. The summed E-state index contributed by atoms with van der Waals surface area (Å²) in [4.78, 5) is 1.74. The lowest BCUT2D eigenvalue weighted by Gasteiger charge is -2.32. The van der Waals surface area contributed by atoms with E-state index in [1.54, 1.807) is 4.90 Å². The molecular formula is C14H24ClN2+. The molecule has 0 amide bonds. The molecule has 0 aromatic heterocycles. The topological polar surface area (TPSA) is 21.1 Å². The maximum absolute atomic E-state index is 2.40. The quantitative estimate of drug-likeness (QED) is 0.564. The van der Waals surface area contributed by atoms with Gasteiger partial charge in [-0.1, -0.05) is 37.3 Å². The third-order valence-electron chi connectivity index (χ3n) is 3.93. The summed E-state index contributed by atoms with van der Waals surface area (Å²) >= 11 is 0. The number of quaternary nitrogens is 2. The fraction of sp³-hybridized carbons (Fsp3) is 0.571. The minimum Gasteiger partial charge on any atom is -1.00 e. The summed E-state index contributed by atoms with van der Waals surface area (Å²) in [5, 5.41) is 2.40. The number of halogens is 1. The van der Waals surface area contributed by atoms with Gasteiger partial charge in [0.15, 0.2) is 0 Å². The summed E-state index contributed by atoms with van der Waals surface area (Å²) in [5.74, 6) is 0.879. The van der Waals surface area contributed by atoms with Crippen molar-refractivity contribution in [2.24, 2.45) is 5.92 Å². The zero-order chi connectivity index (χ0) is 11.4. The van der Waals surface area contributed by atoms with Gasteiger partial charge in [-0.25, -0.2) is 0 Å². The minimum atomic E-state index is 0. The molecule has 0 saturated carbocycles. The Balaban J connectivity index is 0.00000144. The zero-order valence-electron chi connectivity index (χ0n) is 10.8. The summed E-state index contributed by atoms with van der Waals surface area (Å²) in [6.45, 7) is 6.23. The monoisotopic (exact) mass is 255 g/mol. The van der Waals surface area contributed by atoms with E-state index in [0.717, 1.165) is 12.0 Å². The van der Waals surface area contributed by atoms with Crippen LogP contribution >= 0.6 is 0 Å². The lowest BCUT2D eigenvalue weighted by molar-refractivity contribution is -0.939. The number of nitrogens with two attached hydrogens (primary N) is 1. The summed E-state index contributed by atoms with van der Waals surface area (Å²) in [6.07, 6.45) is 1.37. The molecule has 3 N–H and O–H groups in total. The number of hydrogen-bond donors (Lipinski definition) is 2. The number of likely N-dealkylation sites (tertiary alicyclic amines) is 1. The highest BCUT2D eigenvalue weighted by Crippen LogP contribution is 2.06.